The number of nitrogens with zero attached hydrogens (tertiary/aromatic N) is 1. The standard InChI is InChI=1S/C13H18N2O2.C4H4O4/c1-14-8-7-10-9-15(2)13(16)11-5-3-4-6-12(11)17-10;5-3(6)1-2-4(7)8/h3-6,10,14H,7-9H2,1-2H3;1-2H,(H,5,6)(H,7,8). The lowest BCUT2D eigenvalue weighted by molar-refractivity contribution is -0.134. The number of para-hydroxylation sites is 1. The zero-order valence-electron chi connectivity index (χ0n) is 14.1. The molecule has 1 aliphatic rings. The molecule has 1 atom stereocenters. The van der Waals surface area contributed by atoms with Gasteiger partial charge in [-0.2, -0.15) is 0 Å². The van der Waals surface area contributed by atoms with Gasteiger partial charge >= 0.3 is 11.9 Å². The fraction of sp³-hybridized carbons (Fsp3) is 0.353. The summed E-state index contributed by atoms with van der Waals surface area (Å²) in [5.74, 6) is -1.78. The molecule has 3 N–H and O–H groups in total. The van der Waals surface area contributed by atoms with Gasteiger partial charge in [0.05, 0.1) is 12.1 Å². The number of carboxylic acid groups (broad SMARTS) is 2. The van der Waals surface area contributed by atoms with Crippen molar-refractivity contribution in [2.45, 2.75) is 12.5 Å². The van der Waals surface area contributed by atoms with Gasteiger partial charge in [-0.05, 0) is 32.1 Å². The Morgan fingerprint density at radius 3 is 2.44 bits per heavy atom. The van der Waals surface area contributed by atoms with Crippen molar-refractivity contribution in [2.75, 3.05) is 27.2 Å². The van der Waals surface area contributed by atoms with Crippen molar-refractivity contribution < 1.29 is 29.3 Å². The first-order valence-electron chi connectivity index (χ1n) is 7.64. The molecular weight excluding hydrogens is 328 g/mol. The molecule has 1 unspecified atom stereocenters. The Balaban J connectivity index is 0.000000333. The van der Waals surface area contributed by atoms with Gasteiger partial charge < -0.3 is 25.2 Å². The smallest absolute Gasteiger partial charge is 0.328 e. The van der Waals surface area contributed by atoms with Crippen LogP contribution in [0, 0.1) is 0 Å². The van der Waals surface area contributed by atoms with E-state index in [2.05, 4.69) is 5.32 Å². The number of carbonyl (C=O) groups excluding carboxylic acids is 1. The number of benzene rings is 1. The van der Waals surface area contributed by atoms with Crippen LogP contribution < -0.4 is 10.1 Å². The lowest BCUT2D eigenvalue weighted by Crippen LogP contribution is -2.35. The van der Waals surface area contributed by atoms with Crippen LogP contribution in [0.5, 0.6) is 5.75 Å². The van der Waals surface area contributed by atoms with Gasteiger partial charge in [-0.3, -0.25) is 4.79 Å². The highest BCUT2D eigenvalue weighted by molar-refractivity contribution is 5.97. The molecule has 8 nitrogen and oxygen atoms in total. The molecule has 0 spiro atoms. The van der Waals surface area contributed by atoms with E-state index in [0.29, 0.717) is 30.0 Å². The van der Waals surface area contributed by atoms with Crippen molar-refractivity contribution in [3.8, 4) is 5.75 Å². The number of likely N-dealkylation sites (N-methyl/N-ethyl adjacent to an activating group) is 1. The zero-order chi connectivity index (χ0) is 18.8. The number of carbonyl (C=O) groups is 3. The van der Waals surface area contributed by atoms with E-state index in [4.69, 9.17) is 14.9 Å². The van der Waals surface area contributed by atoms with Gasteiger partial charge in [0.15, 0.2) is 0 Å². The van der Waals surface area contributed by atoms with E-state index in [1.54, 1.807) is 4.90 Å². The van der Waals surface area contributed by atoms with E-state index < -0.39 is 11.9 Å². The molecule has 136 valence electrons. The molecule has 0 fully saturated rings. The summed E-state index contributed by atoms with van der Waals surface area (Å²) in [5, 5.41) is 18.7. The van der Waals surface area contributed by atoms with Crippen molar-refractivity contribution in [1.82, 2.24) is 10.2 Å². The summed E-state index contributed by atoms with van der Waals surface area (Å²) in [6.07, 6.45) is 2.06. The van der Waals surface area contributed by atoms with Crippen molar-refractivity contribution in [3.63, 3.8) is 0 Å². The van der Waals surface area contributed by atoms with Crippen molar-refractivity contribution in [2.24, 2.45) is 0 Å². The van der Waals surface area contributed by atoms with Gasteiger partial charge in [-0.15, -0.1) is 0 Å². The second-order valence-electron chi connectivity index (χ2n) is 5.32. The van der Waals surface area contributed by atoms with Crippen LogP contribution in [-0.2, 0) is 9.59 Å². The molecule has 1 aliphatic heterocycles. The van der Waals surface area contributed by atoms with Crippen molar-refractivity contribution >= 4 is 17.8 Å². The van der Waals surface area contributed by atoms with Crippen LogP contribution in [0.15, 0.2) is 36.4 Å². The first-order chi connectivity index (χ1) is 11.8. The van der Waals surface area contributed by atoms with Gasteiger partial charge in [0.2, 0.25) is 0 Å². The highest BCUT2D eigenvalue weighted by Gasteiger charge is 2.25. The van der Waals surface area contributed by atoms with Crippen LogP contribution in [0.4, 0.5) is 0 Å². The minimum atomic E-state index is -1.26. The number of nitrogens with one attached hydrogen (secondary N) is 1. The summed E-state index contributed by atoms with van der Waals surface area (Å²) < 4.78 is 5.90. The molecular formula is C17H22N2O6. The summed E-state index contributed by atoms with van der Waals surface area (Å²) in [7, 11) is 3.74. The summed E-state index contributed by atoms with van der Waals surface area (Å²) in [4.78, 5) is 32.9. The SMILES string of the molecule is CNCCC1CN(C)C(=O)c2ccccc2O1.O=C(O)C=CC(=O)O. The first-order valence-corrected chi connectivity index (χ1v) is 7.64. The molecule has 8 heteroatoms. The minimum absolute atomic E-state index is 0.0348. The predicted molar refractivity (Wildman–Crippen MR) is 90.8 cm³/mol. The van der Waals surface area contributed by atoms with Crippen LogP contribution in [0.3, 0.4) is 0 Å². The molecule has 0 bridgehead atoms. The average Bonchev–Trinajstić information content (AvgIpc) is 2.69. The second-order valence-corrected chi connectivity index (χ2v) is 5.32. The third-order valence-electron chi connectivity index (χ3n) is 3.32. The Labute approximate surface area is 145 Å². The monoisotopic (exact) mass is 350 g/mol. The van der Waals surface area contributed by atoms with Gasteiger partial charge in [-0.25, -0.2) is 9.59 Å². The summed E-state index contributed by atoms with van der Waals surface area (Å²) >= 11 is 0. The van der Waals surface area contributed by atoms with E-state index in [1.807, 2.05) is 38.4 Å². The first kappa shape index (κ1) is 20.2. The summed E-state index contributed by atoms with van der Waals surface area (Å²) in [6, 6.07) is 7.43. The summed E-state index contributed by atoms with van der Waals surface area (Å²) in [5.41, 5.74) is 0.655. The number of hydrogen-bond donors (Lipinski definition) is 3. The molecule has 1 heterocycles. The lowest BCUT2D eigenvalue weighted by Gasteiger charge is -2.20. The maximum absolute atomic E-state index is 12.1. The van der Waals surface area contributed by atoms with E-state index >= 15 is 0 Å². The number of rotatable bonds is 5. The zero-order valence-corrected chi connectivity index (χ0v) is 14.1. The molecule has 0 aliphatic carbocycles. The number of fused-ring (bicyclic) bond motifs is 1. The lowest BCUT2D eigenvalue weighted by atomic mass is 10.2. The minimum Gasteiger partial charge on any atom is -0.488 e. The Kier molecular flexibility index (Phi) is 8.14. The van der Waals surface area contributed by atoms with Gasteiger partial charge in [0.25, 0.3) is 5.91 Å². The van der Waals surface area contributed by atoms with Crippen molar-refractivity contribution in [1.29, 1.82) is 0 Å². The third-order valence-corrected chi connectivity index (χ3v) is 3.32. The molecule has 0 radical (unpaired) electrons. The fourth-order valence-corrected chi connectivity index (χ4v) is 2.16. The topological polar surface area (TPSA) is 116 Å². The molecule has 0 aromatic heterocycles. The molecule has 25 heavy (non-hydrogen) atoms. The third kappa shape index (κ3) is 7.05. The van der Waals surface area contributed by atoms with E-state index in [9.17, 15) is 14.4 Å². The quantitative estimate of drug-likeness (QED) is 0.674. The highest BCUT2D eigenvalue weighted by Crippen LogP contribution is 2.24. The van der Waals surface area contributed by atoms with Crippen LogP contribution >= 0.6 is 0 Å². The highest BCUT2D eigenvalue weighted by atomic mass is 16.5. The molecule has 1 aromatic carbocycles. The number of amides is 1. The van der Waals surface area contributed by atoms with Gasteiger partial charge in [0.1, 0.15) is 11.9 Å². The molecule has 1 aromatic rings. The van der Waals surface area contributed by atoms with E-state index in [1.165, 1.54) is 0 Å². The number of hydrogen-bond acceptors (Lipinski definition) is 5. The number of carboxylic acids is 2. The Bertz CT molecular complexity index is 628. The number of ether oxygens (including phenoxy) is 1. The van der Waals surface area contributed by atoms with E-state index in [0.717, 1.165) is 13.0 Å². The second kappa shape index (κ2) is 10.1. The van der Waals surface area contributed by atoms with Crippen LogP contribution in [0.2, 0.25) is 0 Å². The fourth-order valence-electron chi connectivity index (χ4n) is 2.16. The van der Waals surface area contributed by atoms with Gasteiger partial charge in [0, 0.05) is 19.2 Å². The predicted octanol–water partition coefficient (Wildman–Crippen LogP) is 0.841. The van der Waals surface area contributed by atoms with Crippen LogP contribution in [-0.4, -0.2) is 66.2 Å². The molecule has 0 saturated carbocycles. The normalized spacial score (nSPS) is 16.3. The Morgan fingerprint density at radius 1 is 1.28 bits per heavy atom. The number of aliphatic carboxylic acids is 2. The Hall–Kier alpha value is -2.87. The van der Waals surface area contributed by atoms with Crippen LogP contribution in [0.25, 0.3) is 0 Å². The Morgan fingerprint density at radius 2 is 1.88 bits per heavy atom. The summed E-state index contributed by atoms with van der Waals surface area (Å²) in [6.45, 7) is 1.52. The maximum atomic E-state index is 12.1. The van der Waals surface area contributed by atoms with Gasteiger partial charge in [-0.1, -0.05) is 12.1 Å². The van der Waals surface area contributed by atoms with Crippen molar-refractivity contribution in [3.05, 3.63) is 42.0 Å². The molecule has 1 amide bonds. The largest absolute Gasteiger partial charge is 0.488 e. The molecule has 0 saturated heterocycles. The molecule has 2 rings (SSSR count). The van der Waals surface area contributed by atoms with E-state index in [-0.39, 0.29) is 12.0 Å². The average molecular weight is 350 g/mol. The maximum Gasteiger partial charge on any atom is 0.328 e. The van der Waals surface area contributed by atoms with Crippen LogP contribution in [0.1, 0.15) is 16.8 Å².